The molecule has 0 aromatic rings. The largest absolute Gasteiger partial charge is 0.307 e. The smallest absolute Gasteiger partial charge is 0.255 e. The second kappa shape index (κ2) is 4.00. The zero-order valence-electron chi connectivity index (χ0n) is 7.62. The minimum Gasteiger partial charge on any atom is -0.307 e. The Morgan fingerprint density at radius 2 is 1.73 bits per heavy atom. The van der Waals surface area contributed by atoms with Crippen molar-refractivity contribution in [3.8, 4) is 0 Å². The van der Waals surface area contributed by atoms with Gasteiger partial charge >= 0.3 is 0 Å². The maximum Gasteiger partial charge on any atom is 0.255 e. The van der Waals surface area contributed by atoms with Gasteiger partial charge in [0, 0.05) is 0 Å². The highest BCUT2D eigenvalue weighted by Gasteiger charge is 2.28. The van der Waals surface area contributed by atoms with Crippen LogP contribution in [0.3, 0.4) is 0 Å². The summed E-state index contributed by atoms with van der Waals surface area (Å²) in [5, 5.41) is 2.81. The minimum atomic E-state index is -2.30. The fraction of sp³-hybridized carbons (Fsp3) is 1.00. The summed E-state index contributed by atoms with van der Waals surface area (Å²) in [4.78, 5) is 0. The van der Waals surface area contributed by atoms with Crippen molar-refractivity contribution in [2.75, 3.05) is 6.54 Å². The summed E-state index contributed by atoms with van der Waals surface area (Å²) in [7, 11) is 0. The highest BCUT2D eigenvalue weighted by Crippen LogP contribution is 2.13. The first-order chi connectivity index (χ1) is 4.86. The zero-order valence-corrected chi connectivity index (χ0v) is 7.62. The maximum atomic E-state index is 12.2. The second-order valence-corrected chi connectivity index (χ2v) is 3.80. The predicted octanol–water partition coefficient (Wildman–Crippen LogP) is 2.28. The van der Waals surface area contributed by atoms with Crippen LogP contribution in [-0.2, 0) is 0 Å². The average Bonchev–Trinajstić information content (AvgIpc) is 1.84. The number of hydrogen-bond acceptors (Lipinski definition) is 1. The van der Waals surface area contributed by atoms with E-state index in [-0.39, 0.29) is 0 Å². The van der Waals surface area contributed by atoms with Crippen LogP contribution in [0, 0.1) is 5.92 Å². The van der Waals surface area contributed by atoms with E-state index in [9.17, 15) is 8.78 Å². The number of nitrogens with one attached hydrogen (secondary N) is 1. The van der Waals surface area contributed by atoms with Gasteiger partial charge in [-0.25, -0.2) is 8.78 Å². The first-order valence-corrected chi connectivity index (χ1v) is 3.89. The van der Waals surface area contributed by atoms with Gasteiger partial charge in [-0.1, -0.05) is 13.8 Å². The Hall–Kier alpha value is -0.180. The molecule has 1 N–H and O–H groups in total. The van der Waals surface area contributed by atoms with Crippen LogP contribution in [0.5, 0.6) is 0 Å². The van der Waals surface area contributed by atoms with Crippen molar-refractivity contribution in [3.05, 3.63) is 0 Å². The van der Waals surface area contributed by atoms with Crippen LogP contribution in [0.1, 0.15) is 27.7 Å². The molecule has 0 amide bonds. The van der Waals surface area contributed by atoms with Crippen molar-refractivity contribution < 1.29 is 8.78 Å². The van der Waals surface area contributed by atoms with Crippen LogP contribution in [0.15, 0.2) is 0 Å². The quantitative estimate of drug-likeness (QED) is 0.673. The molecule has 3 heteroatoms. The third kappa shape index (κ3) is 4.30. The Bertz CT molecular complexity index is 111. The van der Waals surface area contributed by atoms with E-state index in [1.54, 1.807) is 0 Å². The monoisotopic (exact) mass is 165 g/mol. The summed E-state index contributed by atoms with van der Waals surface area (Å²) in [6, 6.07) is 0. The van der Waals surface area contributed by atoms with E-state index in [2.05, 4.69) is 5.32 Å². The third-order valence-electron chi connectivity index (χ3n) is 1.51. The molecular formula is C8H17F2N. The molecule has 0 fully saturated rings. The van der Waals surface area contributed by atoms with E-state index in [4.69, 9.17) is 0 Å². The average molecular weight is 165 g/mol. The first-order valence-electron chi connectivity index (χ1n) is 3.89. The fourth-order valence-corrected chi connectivity index (χ4v) is 0.544. The molecule has 0 saturated carbocycles. The molecule has 1 nitrogen and oxygen atoms in total. The second-order valence-electron chi connectivity index (χ2n) is 3.80. The zero-order chi connectivity index (χ0) is 9.07. The van der Waals surface area contributed by atoms with Gasteiger partial charge in [-0.2, -0.15) is 0 Å². The lowest BCUT2D eigenvalue weighted by Crippen LogP contribution is -2.47. The summed E-state index contributed by atoms with van der Waals surface area (Å²) in [6.45, 7) is 7.65. The normalized spacial score (nSPS) is 13.1. The van der Waals surface area contributed by atoms with Gasteiger partial charge < -0.3 is 5.32 Å². The lowest BCUT2D eigenvalue weighted by molar-refractivity contribution is 0.0496. The predicted molar refractivity (Wildman–Crippen MR) is 42.9 cm³/mol. The van der Waals surface area contributed by atoms with E-state index in [0.29, 0.717) is 12.5 Å². The summed E-state index contributed by atoms with van der Waals surface area (Å²) >= 11 is 0. The van der Waals surface area contributed by atoms with E-state index in [0.717, 1.165) is 0 Å². The van der Waals surface area contributed by atoms with Crippen LogP contribution in [0.4, 0.5) is 8.78 Å². The van der Waals surface area contributed by atoms with E-state index in [1.807, 2.05) is 13.8 Å². The lowest BCUT2D eigenvalue weighted by Gasteiger charge is -2.26. The van der Waals surface area contributed by atoms with Crippen LogP contribution in [-0.4, -0.2) is 18.5 Å². The summed E-state index contributed by atoms with van der Waals surface area (Å²) in [5.74, 6) is 0.410. The Balaban J connectivity index is 3.73. The third-order valence-corrected chi connectivity index (χ3v) is 1.51. The molecule has 0 aromatic carbocycles. The molecule has 0 spiro atoms. The molecular weight excluding hydrogens is 148 g/mol. The van der Waals surface area contributed by atoms with Crippen molar-refractivity contribution in [3.63, 3.8) is 0 Å². The standard InChI is InChI=1S/C8H17F2N/c1-6(2)5-11-8(3,4)7(9)10/h6-7,11H,5H2,1-4H3. The Kier molecular flexibility index (Phi) is 3.93. The molecule has 0 aliphatic rings. The molecule has 0 aromatic heterocycles. The van der Waals surface area contributed by atoms with E-state index < -0.39 is 12.0 Å². The van der Waals surface area contributed by atoms with Crippen LogP contribution < -0.4 is 5.32 Å². The van der Waals surface area contributed by atoms with Gasteiger partial charge in [0.05, 0.1) is 5.54 Å². The topological polar surface area (TPSA) is 12.0 Å². The molecule has 0 saturated heterocycles. The lowest BCUT2D eigenvalue weighted by atomic mass is 10.1. The fourth-order valence-electron chi connectivity index (χ4n) is 0.544. The van der Waals surface area contributed by atoms with Crippen LogP contribution in [0.2, 0.25) is 0 Å². The van der Waals surface area contributed by atoms with Gasteiger partial charge in [0.15, 0.2) is 0 Å². The Labute approximate surface area is 67.2 Å². The van der Waals surface area contributed by atoms with Crippen molar-refractivity contribution in [1.82, 2.24) is 5.32 Å². The van der Waals surface area contributed by atoms with Gasteiger partial charge in [-0.3, -0.25) is 0 Å². The van der Waals surface area contributed by atoms with Crippen molar-refractivity contribution in [2.24, 2.45) is 5.92 Å². The van der Waals surface area contributed by atoms with Gasteiger partial charge in [-0.05, 0) is 26.3 Å². The summed E-state index contributed by atoms with van der Waals surface area (Å²) < 4.78 is 24.4. The molecule has 0 aliphatic carbocycles. The molecule has 0 atom stereocenters. The van der Waals surface area contributed by atoms with E-state index in [1.165, 1.54) is 13.8 Å². The van der Waals surface area contributed by atoms with E-state index >= 15 is 0 Å². The minimum absolute atomic E-state index is 0.410. The molecule has 0 aliphatic heterocycles. The van der Waals surface area contributed by atoms with Crippen molar-refractivity contribution >= 4 is 0 Å². The Morgan fingerprint density at radius 1 is 1.27 bits per heavy atom. The first kappa shape index (κ1) is 10.8. The summed E-state index contributed by atoms with van der Waals surface area (Å²) in [5.41, 5.74) is -1.05. The van der Waals surface area contributed by atoms with Gasteiger partial charge in [0.25, 0.3) is 6.43 Å². The molecule has 0 unspecified atom stereocenters. The summed E-state index contributed by atoms with van der Waals surface area (Å²) in [6.07, 6.45) is -2.30. The van der Waals surface area contributed by atoms with Gasteiger partial charge in [0.2, 0.25) is 0 Å². The van der Waals surface area contributed by atoms with Crippen LogP contribution in [0.25, 0.3) is 0 Å². The SMILES string of the molecule is CC(C)CNC(C)(C)C(F)F. The molecule has 0 radical (unpaired) electrons. The molecule has 11 heavy (non-hydrogen) atoms. The van der Waals surface area contributed by atoms with Crippen molar-refractivity contribution in [2.45, 2.75) is 39.7 Å². The molecule has 0 heterocycles. The Morgan fingerprint density at radius 3 is 2.00 bits per heavy atom. The molecule has 68 valence electrons. The number of halogens is 2. The van der Waals surface area contributed by atoms with Gasteiger partial charge in [0.1, 0.15) is 0 Å². The maximum absolute atomic E-state index is 12.2. The molecule has 0 rings (SSSR count). The van der Waals surface area contributed by atoms with Crippen LogP contribution >= 0.6 is 0 Å². The van der Waals surface area contributed by atoms with Crippen molar-refractivity contribution in [1.29, 1.82) is 0 Å². The number of alkyl halides is 2. The molecule has 0 bridgehead atoms. The number of rotatable bonds is 4. The van der Waals surface area contributed by atoms with Gasteiger partial charge in [-0.15, -0.1) is 0 Å². The highest BCUT2D eigenvalue weighted by molar-refractivity contribution is 4.80. The highest BCUT2D eigenvalue weighted by atomic mass is 19.3. The number of hydrogen-bond donors (Lipinski definition) is 1.